The van der Waals surface area contributed by atoms with Crippen LogP contribution >= 0.6 is 0 Å². The Morgan fingerprint density at radius 2 is 1.70 bits per heavy atom. The second kappa shape index (κ2) is 5.70. The lowest BCUT2D eigenvalue weighted by molar-refractivity contribution is 0.409. The number of anilines is 1. The van der Waals surface area contributed by atoms with Crippen molar-refractivity contribution < 1.29 is 0 Å². The smallest absolute Gasteiger partial charge is 0.130 e. The minimum absolute atomic E-state index is 0.480. The predicted octanol–water partition coefficient (Wildman–Crippen LogP) is 4.34. The van der Waals surface area contributed by atoms with Crippen molar-refractivity contribution in [2.75, 3.05) is 5.73 Å². The highest BCUT2D eigenvalue weighted by molar-refractivity contribution is 5.76. The molecule has 1 aliphatic carbocycles. The van der Waals surface area contributed by atoms with E-state index in [1.807, 2.05) is 6.07 Å². The molecule has 0 radical (unpaired) electrons. The van der Waals surface area contributed by atoms with E-state index in [9.17, 15) is 0 Å². The summed E-state index contributed by atoms with van der Waals surface area (Å²) in [5, 5.41) is 4.74. The van der Waals surface area contributed by atoms with Crippen LogP contribution in [-0.4, -0.2) is 9.78 Å². The normalized spacial score (nSPS) is 17.1. The largest absolute Gasteiger partial charge is 0.383 e. The SMILES string of the molecule is Cc1nn(C2CCCCCC2)c(N)c1-c1ccccc1. The number of hydrogen-bond donors (Lipinski definition) is 1. The van der Waals surface area contributed by atoms with Gasteiger partial charge in [-0.15, -0.1) is 0 Å². The molecule has 0 saturated heterocycles. The monoisotopic (exact) mass is 269 g/mol. The molecule has 106 valence electrons. The predicted molar refractivity (Wildman–Crippen MR) is 83.6 cm³/mol. The van der Waals surface area contributed by atoms with E-state index >= 15 is 0 Å². The Kier molecular flexibility index (Phi) is 3.77. The highest BCUT2D eigenvalue weighted by atomic mass is 15.3. The van der Waals surface area contributed by atoms with Crippen molar-refractivity contribution in [3.63, 3.8) is 0 Å². The number of hydrogen-bond acceptors (Lipinski definition) is 2. The van der Waals surface area contributed by atoms with Gasteiger partial charge >= 0.3 is 0 Å². The minimum Gasteiger partial charge on any atom is -0.383 e. The molecule has 2 aromatic rings. The van der Waals surface area contributed by atoms with Crippen molar-refractivity contribution >= 4 is 5.82 Å². The molecule has 3 nitrogen and oxygen atoms in total. The Morgan fingerprint density at radius 3 is 2.35 bits per heavy atom. The van der Waals surface area contributed by atoms with E-state index in [2.05, 4.69) is 35.9 Å². The summed E-state index contributed by atoms with van der Waals surface area (Å²) in [6, 6.07) is 10.8. The van der Waals surface area contributed by atoms with E-state index in [4.69, 9.17) is 10.8 Å². The van der Waals surface area contributed by atoms with Gasteiger partial charge in [-0.25, -0.2) is 4.68 Å². The lowest BCUT2D eigenvalue weighted by atomic mass is 10.1. The van der Waals surface area contributed by atoms with E-state index < -0.39 is 0 Å². The van der Waals surface area contributed by atoms with Crippen molar-refractivity contribution in [2.45, 2.75) is 51.5 Å². The van der Waals surface area contributed by atoms with Gasteiger partial charge in [-0.3, -0.25) is 0 Å². The number of aromatic nitrogens is 2. The average Bonchev–Trinajstić information content (AvgIpc) is 2.67. The summed E-state index contributed by atoms with van der Waals surface area (Å²) in [5.74, 6) is 0.834. The molecule has 3 rings (SSSR count). The van der Waals surface area contributed by atoms with Crippen molar-refractivity contribution in [1.29, 1.82) is 0 Å². The van der Waals surface area contributed by atoms with Gasteiger partial charge < -0.3 is 5.73 Å². The quantitative estimate of drug-likeness (QED) is 0.824. The molecular formula is C17H23N3. The van der Waals surface area contributed by atoms with Crippen LogP contribution in [0.5, 0.6) is 0 Å². The molecule has 3 heteroatoms. The summed E-state index contributed by atoms with van der Waals surface area (Å²) in [5.41, 5.74) is 9.73. The Balaban J connectivity index is 1.98. The van der Waals surface area contributed by atoms with Crippen molar-refractivity contribution in [2.24, 2.45) is 0 Å². The van der Waals surface area contributed by atoms with Gasteiger partial charge in [0.2, 0.25) is 0 Å². The first kappa shape index (κ1) is 13.2. The van der Waals surface area contributed by atoms with Gasteiger partial charge in [0.05, 0.1) is 11.7 Å². The van der Waals surface area contributed by atoms with E-state index in [-0.39, 0.29) is 0 Å². The summed E-state index contributed by atoms with van der Waals surface area (Å²) in [6.45, 7) is 2.06. The van der Waals surface area contributed by atoms with E-state index in [0.717, 1.165) is 17.1 Å². The number of nitrogens with two attached hydrogens (primary N) is 1. The molecule has 1 fully saturated rings. The van der Waals surface area contributed by atoms with Crippen LogP contribution < -0.4 is 5.73 Å². The molecule has 0 unspecified atom stereocenters. The molecule has 0 atom stereocenters. The van der Waals surface area contributed by atoms with Crippen LogP contribution in [0.4, 0.5) is 5.82 Å². The second-order valence-corrected chi connectivity index (χ2v) is 5.80. The third-order valence-corrected chi connectivity index (χ3v) is 4.36. The summed E-state index contributed by atoms with van der Waals surface area (Å²) in [6.07, 6.45) is 7.71. The Labute approximate surface area is 120 Å². The fraction of sp³-hybridized carbons (Fsp3) is 0.471. The third-order valence-electron chi connectivity index (χ3n) is 4.36. The zero-order valence-corrected chi connectivity index (χ0v) is 12.2. The molecular weight excluding hydrogens is 246 g/mol. The molecule has 1 heterocycles. The molecule has 1 aromatic heterocycles. The van der Waals surface area contributed by atoms with Crippen LogP contribution in [-0.2, 0) is 0 Å². The van der Waals surface area contributed by atoms with Crippen molar-refractivity contribution in [3.8, 4) is 11.1 Å². The fourth-order valence-electron chi connectivity index (χ4n) is 3.31. The summed E-state index contributed by atoms with van der Waals surface area (Å²) in [7, 11) is 0. The first-order valence-corrected chi connectivity index (χ1v) is 7.67. The highest BCUT2D eigenvalue weighted by Gasteiger charge is 2.21. The molecule has 1 aliphatic rings. The van der Waals surface area contributed by atoms with Crippen LogP contribution in [0, 0.1) is 6.92 Å². The molecule has 1 saturated carbocycles. The molecule has 1 aromatic carbocycles. The van der Waals surface area contributed by atoms with Gasteiger partial charge in [0.1, 0.15) is 5.82 Å². The van der Waals surface area contributed by atoms with E-state index in [0.29, 0.717) is 6.04 Å². The number of rotatable bonds is 2. The second-order valence-electron chi connectivity index (χ2n) is 5.80. The zero-order valence-electron chi connectivity index (χ0n) is 12.2. The van der Waals surface area contributed by atoms with Crippen molar-refractivity contribution in [1.82, 2.24) is 9.78 Å². The standard InChI is InChI=1S/C17H23N3/c1-13-16(14-9-5-4-6-10-14)17(18)20(19-13)15-11-7-2-3-8-12-15/h4-6,9-10,15H,2-3,7-8,11-12,18H2,1H3. The van der Waals surface area contributed by atoms with Crippen LogP contribution in [0.1, 0.15) is 50.3 Å². The summed E-state index contributed by atoms with van der Waals surface area (Å²) < 4.78 is 2.09. The van der Waals surface area contributed by atoms with Crippen LogP contribution in [0.25, 0.3) is 11.1 Å². The number of nitrogen functional groups attached to an aromatic ring is 1. The Morgan fingerprint density at radius 1 is 1.05 bits per heavy atom. The maximum absolute atomic E-state index is 6.42. The molecule has 20 heavy (non-hydrogen) atoms. The molecule has 0 spiro atoms. The maximum Gasteiger partial charge on any atom is 0.130 e. The average molecular weight is 269 g/mol. The maximum atomic E-state index is 6.42. The number of nitrogens with zero attached hydrogens (tertiary/aromatic N) is 2. The Bertz CT molecular complexity index is 563. The first-order valence-electron chi connectivity index (χ1n) is 7.67. The molecule has 0 amide bonds. The van der Waals surface area contributed by atoms with Gasteiger partial charge in [0, 0.05) is 5.56 Å². The van der Waals surface area contributed by atoms with Gasteiger partial charge in [-0.05, 0) is 25.3 Å². The van der Waals surface area contributed by atoms with Gasteiger partial charge in [-0.2, -0.15) is 5.10 Å². The van der Waals surface area contributed by atoms with Gasteiger partial charge in [-0.1, -0.05) is 56.0 Å². The number of benzene rings is 1. The third kappa shape index (κ3) is 2.45. The van der Waals surface area contributed by atoms with E-state index in [1.165, 1.54) is 44.1 Å². The van der Waals surface area contributed by atoms with Crippen LogP contribution in [0.2, 0.25) is 0 Å². The first-order chi connectivity index (χ1) is 9.77. The topological polar surface area (TPSA) is 43.8 Å². The number of aryl methyl sites for hydroxylation is 1. The lowest BCUT2D eigenvalue weighted by Gasteiger charge is -2.16. The molecule has 0 bridgehead atoms. The van der Waals surface area contributed by atoms with E-state index in [1.54, 1.807) is 0 Å². The molecule has 2 N–H and O–H groups in total. The summed E-state index contributed by atoms with van der Waals surface area (Å²) in [4.78, 5) is 0. The summed E-state index contributed by atoms with van der Waals surface area (Å²) >= 11 is 0. The minimum atomic E-state index is 0.480. The highest BCUT2D eigenvalue weighted by Crippen LogP contribution is 2.35. The van der Waals surface area contributed by atoms with Crippen LogP contribution in [0.3, 0.4) is 0 Å². The zero-order chi connectivity index (χ0) is 13.9. The van der Waals surface area contributed by atoms with Crippen LogP contribution in [0.15, 0.2) is 30.3 Å². The molecule has 0 aliphatic heterocycles. The van der Waals surface area contributed by atoms with Crippen molar-refractivity contribution in [3.05, 3.63) is 36.0 Å². The fourth-order valence-corrected chi connectivity index (χ4v) is 3.31. The lowest BCUT2D eigenvalue weighted by Crippen LogP contribution is -2.12. The Hall–Kier alpha value is -1.77. The van der Waals surface area contributed by atoms with Gasteiger partial charge in [0.25, 0.3) is 0 Å². The van der Waals surface area contributed by atoms with Gasteiger partial charge in [0.15, 0.2) is 0 Å².